The molecule has 1 saturated heterocycles. The van der Waals surface area contributed by atoms with E-state index in [0.29, 0.717) is 26.0 Å². The molecule has 1 fully saturated rings. The molecule has 3 rings (SSSR count). The number of rotatable bonds is 7. The van der Waals surface area contributed by atoms with Crippen molar-refractivity contribution in [1.29, 1.82) is 0 Å². The summed E-state index contributed by atoms with van der Waals surface area (Å²) >= 11 is 6.29. The maximum absolute atomic E-state index is 12.9. The third-order valence-corrected chi connectivity index (χ3v) is 5.36. The Bertz CT molecular complexity index is 712. The van der Waals surface area contributed by atoms with Crippen LogP contribution in [0.3, 0.4) is 0 Å². The number of benzene rings is 1. The lowest BCUT2D eigenvalue weighted by atomic mass is 9.86. The number of carbonyl (C=O) groups is 1. The number of hydrogen-bond acceptors (Lipinski definition) is 4. The molecule has 1 amide bonds. The first kappa shape index (κ1) is 18.9. The molecule has 0 radical (unpaired) electrons. The number of methoxy groups -OCH3 is 1. The number of nitrogens with one attached hydrogen (secondary N) is 1. The van der Waals surface area contributed by atoms with Gasteiger partial charge in [-0.15, -0.1) is 0 Å². The summed E-state index contributed by atoms with van der Waals surface area (Å²) in [6.45, 7) is 3.41. The lowest BCUT2D eigenvalue weighted by Crippen LogP contribution is -2.55. The molecular formula is C19H25ClN4O2. The highest BCUT2D eigenvalue weighted by molar-refractivity contribution is 6.31. The van der Waals surface area contributed by atoms with Gasteiger partial charge in [-0.05, 0) is 30.5 Å². The molecule has 2 aromatic rings. The lowest BCUT2D eigenvalue weighted by Gasteiger charge is -2.40. The highest BCUT2D eigenvalue weighted by Crippen LogP contribution is 2.31. The summed E-state index contributed by atoms with van der Waals surface area (Å²) in [6.07, 6.45) is 5.01. The monoisotopic (exact) mass is 376 g/mol. The van der Waals surface area contributed by atoms with E-state index >= 15 is 0 Å². The zero-order valence-electron chi connectivity index (χ0n) is 15.0. The third-order valence-electron chi connectivity index (χ3n) is 4.99. The molecule has 7 heteroatoms. The number of carbonyl (C=O) groups excluding carboxylic acids is 1. The Kier molecular flexibility index (Phi) is 6.29. The Morgan fingerprint density at radius 2 is 2.08 bits per heavy atom. The molecule has 140 valence electrons. The number of amides is 1. The predicted molar refractivity (Wildman–Crippen MR) is 101 cm³/mol. The zero-order valence-corrected chi connectivity index (χ0v) is 15.8. The Balaban J connectivity index is 1.69. The van der Waals surface area contributed by atoms with Gasteiger partial charge in [0, 0.05) is 50.7 Å². The van der Waals surface area contributed by atoms with Gasteiger partial charge in [0.15, 0.2) is 0 Å². The van der Waals surface area contributed by atoms with Gasteiger partial charge in [-0.25, -0.2) is 0 Å². The van der Waals surface area contributed by atoms with Crippen LogP contribution in [0, 0.1) is 0 Å². The molecule has 1 aliphatic rings. The van der Waals surface area contributed by atoms with E-state index in [1.54, 1.807) is 13.3 Å². The second-order valence-electron chi connectivity index (χ2n) is 6.60. The van der Waals surface area contributed by atoms with Gasteiger partial charge in [-0.2, -0.15) is 5.10 Å². The highest BCUT2D eigenvalue weighted by atomic mass is 35.5. The fraction of sp³-hybridized carbons (Fsp3) is 0.474. The number of likely N-dealkylation sites (tertiary alicyclic amines) is 1. The smallest absolute Gasteiger partial charge is 0.248 e. The molecule has 1 aromatic heterocycles. The van der Waals surface area contributed by atoms with E-state index in [1.165, 1.54) is 0 Å². The van der Waals surface area contributed by atoms with Gasteiger partial charge in [0.25, 0.3) is 0 Å². The largest absolute Gasteiger partial charge is 0.383 e. The Hall–Kier alpha value is -1.89. The van der Waals surface area contributed by atoms with E-state index in [2.05, 4.69) is 21.4 Å². The molecule has 6 nitrogen and oxygen atoms in total. The molecule has 2 heterocycles. The van der Waals surface area contributed by atoms with Crippen LogP contribution in [0.15, 0.2) is 42.7 Å². The van der Waals surface area contributed by atoms with Crippen molar-refractivity contribution in [3.8, 4) is 0 Å². The van der Waals surface area contributed by atoms with E-state index in [1.807, 2.05) is 35.1 Å². The fourth-order valence-electron chi connectivity index (χ4n) is 3.46. The molecule has 1 aromatic carbocycles. The molecule has 0 aliphatic carbocycles. The van der Waals surface area contributed by atoms with Crippen molar-refractivity contribution in [2.45, 2.75) is 24.9 Å². The summed E-state index contributed by atoms with van der Waals surface area (Å²) in [4.78, 5) is 15.3. The van der Waals surface area contributed by atoms with Gasteiger partial charge in [-0.1, -0.05) is 29.8 Å². The molecule has 0 bridgehead atoms. The number of halogens is 1. The molecular weight excluding hydrogens is 352 g/mol. The summed E-state index contributed by atoms with van der Waals surface area (Å²) < 4.78 is 6.85. The van der Waals surface area contributed by atoms with E-state index in [4.69, 9.17) is 16.3 Å². The molecule has 0 atom stereocenters. The summed E-state index contributed by atoms with van der Waals surface area (Å²) in [5, 5.41) is 8.15. The first-order valence-electron chi connectivity index (χ1n) is 8.89. The third kappa shape index (κ3) is 4.09. The summed E-state index contributed by atoms with van der Waals surface area (Å²) in [5.41, 5.74) is 0.471. The molecule has 1 N–H and O–H groups in total. The zero-order chi connectivity index (χ0) is 18.4. The van der Waals surface area contributed by atoms with Crippen molar-refractivity contribution in [1.82, 2.24) is 20.0 Å². The highest BCUT2D eigenvalue weighted by Gasteiger charge is 2.43. The van der Waals surface area contributed by atoms with Gasteiger partial charge in [0.05, 0.1) is 6.61 Å². The average Bonchev–Trinajstić information content (AvgIpc) is 3.20. The van der Waals surface area contributed by atoms with Crippen molar-refractivity contribution in [2.75, 3.05) is 33.4 Å². The molecule has 1 aliphatic heterocycles. The SMILES string of the molecule is COCCNC(=O)C1(n2cccn2)CCN(Cc2ccccc2Cl)CC1. The second-order valence-corrected chi connectivity index (χ2v) is 7.01. The van der Waals surface area contributed by atoms with Crippen LogP contribution in [0.4, 0.5) is 0 Å². The predicted octanol–water partition coefficient (Wildman–Crippen LogP) is 2.29. The van der Waals surface area contributed by atoms with Crippen LogP contribution in [0.2, 0.25) is 5.02 Å². The average molecular weight is 377 g/mol. The Labute approximate surface area is 159 Å². The Morgan fingerprint density at radius 3 is 2.73 bits per heavy atom. The minimum Gasteiger partial charge on any atom is -0.383 e. The summed E-state index contributed by atoms with van der Waals surface area (Å²) in [6, 6.07) is 9.77. The molecule has 0 spiro atoms. The first-order chi connectivity index (χ1) is 12.7. The van der Waals surface area contributed by atoms with Crippen LogP contribution in [-0.2, 0) is 21.6 Å². The quantitative estimate of drug-likeness (QED) is 0.753. The molecule has 0 saturated carbocycles. The second kappa shape index (κ2) is 8.66. The topological polar surface area (TPSA) is 59.4 Å². The van der Waals surface area contributed by atoms with E-state index in [0.717, 1.165) is 30.2 Å². The number of ether oxygens (including phenoxy) is 1. The van der Waals surface area contributed by atoms with Crippen LogP contribution in [0.25, 0.3) is 0 Å². The minimum atomic E-state index is -0.645. The maximum atomic E-state index is 12.9. The van der Waals surface area contributed by atoms with Crippen LogP contribution in [0.5, 0.6) is 0 Å². The van der Waals surface area contributed by atoms with Crippen molar-refractivity contribution in [2.24, 2.45) is 0 Å². The lowest BCUT2D eigenvalue weighted by molar-refractivity contribution is -0.133. The van der Waals surface area contributed by atoms with Crippen LogP contribution in [-0.4, -0.2) is 53.9 Å². The summed E-state index contributed by atoms with van der Waals surface area (Å²) in [7, 11) is 1.63. The normalized spacial score (nSPS) is 17.2. The molecule has 26 heavy (non-hydrogen) atoms. The van der Waals surface area contributed by atoms with Gasteiger partial charge in [0.2, 0.25) is 5.91 Å². The molecule has 0 unspecified atom stereocenters. The summed E-state index contributed by atoms with van der Waals surface area (Å²) in [5.74, 6) is 0.00986. The van der Waals surface area contributed by atoms with E-state index < -0.39 is 5.54 Å². The fourth-order valence-corrected chi connectivity index (χ4v) is 3.66. The minimum absolute atomic E-state index is 0.00986. The van der Waals surface area contributed by atoms with Crippen molar-refractivity contribution in [3.63, 3.8) is 0 Å². The number of hydrogen-bond donors (Lipinski definition) is 1. The number of aromatic nitrogens is 2. The van der Waals surface area contributed by atoms with Gasteiger partial charge < -0.3 is 10.1 Å². The van der Waals surface area contributed by atoms with Crippen molar-refractivity contribution < 1.29 is 9.53 Å². The first-order valence-corrected chi connectivity index (χ1v) is 9.26. The number of nitrogens with zero attached hydrogens (tertiary/aromatic N) is 3. The van der Waals surface area contributed by atoms with Crippen molar-refractivity contribution in [3.05, 3.63) is 53.3 Å². The Morgan fingerprint density at radius 1 is 1.31 bits per heavy atom. The standard InChI is InChI=1S/C19H25ClN4O2/c1-26-14-10-21-18(25)19(24-11-4-9-22-24)7-12-23(13-8-19)15-16-5-2-3-6-17(16)20/h2-6,9,11H,7-8,10,12-15H2,1H3,(H,21,25). The van der Waals surface area contributed by atoms with Gasteiger partial charge >= 0.3 is 0 Å². The van der Waals surface area contributed by atoms with Crippen LogP contribution in [0.1, 0.15) is 18.4 Å². The maximum Gasteiger partial charge on any atom is 0.248 e. The van der Waals surface area contributed by atoms with Crippen molar-refractivity contribution >= 4 is 17.5 Å². The van der Waals surface area contributed by atoms with E-state index in [9.17, 15) is 4.79 Å². The van der Waals surface area contributed by atoms with Gasteiger partial charge in [0.1, 0.15) is 5.54 Å². The number of piperidine rings is 1. The van der Waals surface area contributed by atoms with Crippen LogP contribution < -0.4 is 5.32 Å². The van der Waals surface area contributed by atoms with E-state index in [-0.39, 0.29) is 5.91 Å². The van der Waals surface area contributed by atoms with Gasteiger partial charge in [-0.3, -0.25) is 14.4 Å². The van der Waals surface area contributed by atoms with Crippen LogP contribution >= 0.6 is 11.6 Å².